The Kier molecular flexibility index (Phi) is 1.80. The summed E-state index contributed by atoms with van der Waals surface area (Å²) in [4.78, 5) is 22.3. The highest BCUT2D eigenvalue weighted by atomic mass is 16.4. The largest absolute Gasteiger partial charge is 0.477 e. The van der Waals surface area contributed by atoms with Crippen LogP contribution in [-0.2, 0) is 13.5 Å². The molecule has 0 aliphatic carbocycles. The van der Waals surface area contributed by atoms with Crippen molar-refractivity contribution in [2.24, 2.45) is 7.05 Å². The third-order valence-electron chi connectivity index (χ3n) is 2.37. The average Bonchev–Trinajstić information content (AvgIpc) is 2.42. The number of aryl methyl sites for hydroxylation is 1. The normalized spacial score (nSPS) is 14.8. The van der Waals surface area contributed by atoms with Crippen LogP contribution in [0.15, 0.2) is 6.20 Å². The number of carbonyl (C=O) groups is 2. The van der Waals surface area contributed by atoms with Crippen molar-refractivity contribution in [1.82, 2.24) is 9.88 Å². The van der Waals surface area contributed by atoms with E-state index >= 15 is 0 Å². The molecule has 74 valence electrons. The molecule has 5 nitrogen and oxygen atoms in total. The number of carboxylic acid groups (broad SMARTS) is 1. The van der Waals surface area contributed by atoms with Gasteiger partial charge in [0, 0.05) is 19.8 Å². The Bertz CT molecular complexity index is 420. The zero-order chi connectivity index (χ0) is 10.3. The quantitative estimate of drug-likeness (QED) is 0.661. The van der Waals surface area contributed by atoms with Crippen molar-refractivity contribution < 1.29 is 14.7 Å². The monoisotopic (exact) mass is 194 g/mol. The number of fused-ring (bicyclic) bond motifs is 1. The minimum Gasteiger partial charge on any atom is -0.477 e. The van der Waals surface area contributed by atoms with Gasteiger partial charge in [-0.15, -0.1) is 0 Å². The Morgan fingerprint density at radius 3 is 3.00 bits per heavy atom. The number of hydrogen-bond acceptors (Lipinski definition) is 2. The van der Waals surface area contributed by atoms with Gasteiger partial charge in [0.15, 0.2) is 0 Å². The Labute approximate surface area is 80.3 Å². The summed E-state index contributed by atoms with van der Waals surface area (Å²) in [6.45, 7) is 0.578. The predicted octanol–water partition coefficient (Wildman–Crippen LogP) is 0.00920. The molecule has 0 aromatic carbocycles. The molecule has 14 heavy (non-hydrogen) atoms. The maximum absolute atomic E-state index is 11.4. The number of hydrogen-bond donors (Lipinski definition) is 2. The number of nitrogens with one attached hydrogen (secondary N) is 1. The Morgan fingerprint density at radius 2 is 2.36 bits per heavy atom. The van der Waals surface area contributed by atoms with E-state index in [0.29, 0.717) is 18.5 Å². The second-order valence-corrected chi connectivity index (χ2v) is 3.30. The number of carbonyl (C=O) groups excluding carboxylic acids is 1. The molecule has 1 aromatic rings. The third-order valence-corrected chi connectivity index (χ3v) is 2.37. The van der Waals surface area contributed by atoms with E-state index in [0.717, 1.165) is 5.56 Å². The molecule has 0 bridgehead atoms. The fraction of sp³-hybridized carbons (Fsp3) is 0.333. The zero-order valence-electron chi connectivity index (χ0n) is 7.70. The lowest BCUT2D eigenvalue weighted by atomic mass is 10.0. The molecule has 1 aromatic heterocycles. The number of nitrogens with zero attached hydrogens (tertiary/aromatic N) is 1. The summed E-state index contributed by atoms with van der Waals surface area (Å²) in [5.74, 6) is -1.35. The van der Waals surface area contributed by atoms with Crippen LogP contribution in [0.2, 0.25) is 0 Å². The van der Waals surface area contributed by atoms with Crippen LogP contribution in [0.1, 0.15) is 26.4 Å². The fourth-order valence-electron chi connectivity index (χ4n) is 1.79. The molecule has 0 spiro atoms. The minimum atomic E-state index is -1.06. The Hall–Kier alpha value is -1.78. The van der Waals surface area contributed by atoms with Gasteiger partial charge < -0.3 is 15.0 Å². The molecule has 2 rings (SSSR count). The van der Waals surface area contributed by atoms with Crippen LogP contribution in [0.3, 0.4) is 0 Å². The number of rotatable bonds is 1. The van der Waals surface area contributed by atoms with E-state index < -0.39 is 5.97 Å². The van der Waals surface area contributed by atoms with Crippen LogP contribution in [0.4, 0.5) is 0 Å². The molecule has 1 aliphatic heterocycles. The SMILES string of the molecule is Cn1cc2c(c1C(=O)O)C(=O)NCC2. The van der Waals surface area contributed by atoms with E-state index in [4.69, 9.17) is 5.11 Å². The van der Waals surface area contributed by atoms with E-state index in [9.17, 15) is 9.59 Å². The molecular formula is C9H10N2O3. The van der Waals surface area contributed by atoms with Gasteiger partial charge in [-0.05, 0) is 12.0 Å². The van der Waals surface area contributed by atoms with Crippen molar-refractivity contribution in [3.05, 3.63) is 23.0 Å². The first-order chi connectivity index (χ1) is 6.61. The van der Waals surface area contributed by atoms with Crippen molar-refractivity contribution >= 4 is 11.9 Å². The lowest BCUT2D eigenvalue weighted by molar-refractivity contribution is 0.0680. The molecular weight excluding hydrogens is 184 g/mol. The second kappa shape index (κ2) is 2.87. The van der Waals surface area contributed by atoms with Gasteiger partial charge in [-0.2, -0.15) is 0 Å². The molecule has 5 heteroatoms. The van der Waals surface area contributed by atoms with E-state index in [1.54, 1.807) is 13.2 Å². The van der Waals surface area contributed by atoms with Crippen molar-refractivity contribution in [3.8, 4) is 0 Å². The summed E-state index contributed by atoms with van der Waals surface area (Å²) >= 11 is 0. The lowest BCUT2D eigenvalue weighted by Crippen LogP contribution is -2.32. The number of amides is 1. The van der Waals surface area contributed by atoms with Gasteiger partial charge >= 0.3 is 5.97 Å². The number of aromatic carboxylic acids is 1. The van der Waals surface area contributed by atoms with Gasteiger partial charge in [0.25, 0.3) is 5.91 Å². The number of aromatic nitrogens is 1. The maximum Gasteiger partial charge on any atom is 0.353 e. The molecule has 0 radical (unpaired) electrons. The van der Waals surface area contributed by atoms with Gasteiger partial charge in [-0.3, -0.25) is 4.79 Å². The zero-order valence-corrected chi connectivity index (χ0v) is 7.70. The first kappa shape index (κ1) is 8.80. The molecule has 0 saturated heterocycles. The van der Waals surface area contributed by atoms with Crippen LogP contribution in [0.25, 0.3) is 0 Å². The molecule has 0 unspecified atom stereocenters. The van der Waals surface area contributed by atoms with Crippen LogP contribution >= 0.6 is 0 Å². The Balaban J connectivity index is 2.65. The second-order valence-electron chi connectivity index (χ2n) is 3.30. The molecule has 1 aliphatic rings. The molecule has 2 N–H and O–H groups in total. The van der Waals surface area contributed by atoms with E-state index in [1.807, 2.05) is 0 Å². The first-order valence-electron chi connectivity index (χ1n) is 4.31. The van der Waals surface area contributed by atoms with E-state index in [-0.39, 0.29) is 11.6 Å². The summed E-state index contributed by atoms with van der Waals surface area (Å²) in [5, 5.41) is 11.6. The van der Waals surface area contributed by atoms with Crippen LogP contribution in [0.5, 0.6) is 0 Å². The summed E-state index contributed by atoms with van der Waals surface area (Å²) in [6, 6.07) is 0. The summed E-state index contributed by atoms with van der Waals surface area (Å²) in [6.07, 6.45) is 2.40. The average molecular weight is 194 g/mol. The minimum absolute atomic E-state index is 0.0669. The van der Waals surface area contributed by atoms with Gasteiger partial charge in [0.1, 0.15) is 5.69 Å². The highest BCUT2D eigenvalue weighted by Crippen LogP contribution is 2.20. The standard InChI is InChI=1S/C9H10N2O3/c1-11-4-5-2-3-10-8(12)6(5)7(11)9(13)14/h4H,2-3H2,1H3,(H,10,12)(H,13,14). The van der Waals surface area contributed by atoms with Crippen molar-refractivity contribution in [3.63, 3.8) is 0 Å². The molecule has 0 fully saturated rings. The fourth-order valence-corrected chi connectivity index (χ4v) is 1.79. The van der Waals surface area contributed by atoms with Crippen molar-refractivity contribution in [2.75, 3.05) is 6.54 Å². The molecule has 0 saturated carbocycles. The van der Waals surface area contributed by atoms with Gasteiger partial charge in [0.2, 0.25) is 0 Å². The lowest BCUT2D eigenvalue weighted by Gasteiger charge is -2.12. The highest BCUT2D eigenvalue weighted by molar-refractivity contribution is 6.05. The van der Waals surface area contributed by atoms with E-state index in [1.165, 1.54) is 4.57 Å². The van der Waals surface area contributed by atoms with Crippen LogP contribution in [-0.4, -0.2) is 28.1 Å². The van der Waals surface area contributed by atoms with Crippen LogP contribution < -0.4 is 5.32 Å². The van der Waals surface area contributed by atoms with Crippen molar-refractivity contribution in [1.29, 1.82) is 0 Å². The van der Waals surface area contributed by atoms with Gasteiger partial charge in [0.05, 0.1) is 5.56 Å². The predicted molar refractivity (Wildman–Crippen MR) is 48.4 cm³/mol. The first-order valence-corrected chi connectivity index (χ1v) is 4.31. The molecule has 2 heterocycles. The summed E-state index contributed by atoms with van der Waals surface area (Å²) in [7, 11) is 1.63. The van der Waals surface area contributed by atoms with Crippen molar-refractivity contribution in [2.45, 2.75) is 6.42 Å². The van der Waals surface area contributed by atoms with Gasteiger partial charge in [-0.1, -0.05) is 0 Å². The maximum atomic E-state index is 11.4. The summed E-state index contributed by atoms with van der Waals surface area (Å²) in [5.41, 5.74) is 1.19. The molecule has 1 amide bonds. The van der Waals surface area contributed by atoms with E-state index in [2.05, 4.69) is 5.32 Å². The topological polar surface area (TPSA) is 71.3 Å². The third kappa shape index (κ3) is 1.09. The van der Waals surface area contributed by atoms with Gasteiger partial charge in [-0.25, -0.2) is 4.79 Å². The molecule has 0 atom stereocenters. The smallest absolute Gasteiger partial charge is 0.353 e. The highest BCUT2D eigenvalue weighted by Gasteiger charge is 2.27. The number of carboxylic acids is 1. The van der Waals surface area contributed by atoms with Crippen LogP contribution in [0, 0.1) is 0 Å². The Morgan fingerprint density at radius 1 is 1.64 bits per heavy atom. The summed E-state index contributed by atoms with van der Waals surface area (Å²) < 4.78 is 1.48.